The third kappa shape index (κ3) is 2.14. The minimum absolute atomic E-state index is 0.430. The van der Waals surface area contributed by atoms with E-state index in [4.69, 9.17) is 4.74 Å². The summed E-state index contributed by atoms with van der Waals surface area (Å²) < 4.78 is 5.99. The van der Waals surface area contributed by atoms with E-state index in [1.165, 1.54) is 36.3 Å². The summed E-state index contributed by atoms with van der Waals surface area (Å²) in [5, 5.41) is 3.42. The van der Waals surface area contributed by atoms with Crippen molar-refractivity contribution in [3.05, 3.63) is 23.8 Å². The molecule has 0 amide bonds. The second-order valence-corrected chi connectivity index (χ2v) is 5.60. The van der Waals surface area contributed by atoms with Gasteiger partial charge in [0, 0.05) is 18.0 Å². The van der Waals surface area contributed by atoms with Crippen molar-refractivity contribution >= 4 is 17.4 Å². The Morgan fingerprint density at radius 2 is 2.38 bits per heavy atom. The van der Waals surface area contributed by atoms with Crippen LogP contribution in [0.1, 0.15) is 18.4 Å². The topological polar surface area (TPSA) is 21.3 Å². The summed E-state index contributed by atoms with van der Waals surface area (Å²) in [6, 6.07) is 6.47. The number of thioether (sulfide) groups is 1. The molecule has 0 spiro atoms. The molecular weight excluding hydrogens is 218 g/mol. The highest BCUT2D eigenvalue weighted by atomic mass is 32.2. The van der Waals surface area contributed by atoms with Crippen LogP contribution in [0.25, 0.3) is 0 Å². The SMILES string of the molecule is c1cc2c(cc1OC1CCSC1)CCCN2. The smallest absolute Gasteiger partial charge is 0.120 e. The average molecular weight is 235 g/mol. The molecule has 1 aromatic carbocycles. The van der Waals surface area contributed by atoms with E-state index in [-0.39, 0.29) is 0 Å². The molecule has 2 aliphatic rings. The first-order valence-electron chi connectivity index (χ1n) is 6.03. The molecule has 1 fully saturated rings. The lowest BCUT2D eigenvalue weighted by Crippen LogP contribution is -2.16. The van der Waals surface area contributed by atoms with Gasteiger partial charge in [-0.3, -0.25) is 0 Å². The van der Waals surface area contributed by atoms with E-state index in [0.29, 0.717) is 6.10 Å². The molecule has 1 unspecified atom stereocenters. The van der Waals surface area contributed by atoms with Gasteiger partial charge in [-0.05, 0) is 48.8 Å². The Morgan fingerprint density at radius 1 is 1.38 bits per heavy atom. The zero-order valence-electron chi connectivity index (χ0n) is 9.37. The summed E-state index contributed by atoms with van der Waals surface area (Å²) in [6.07, 6.45) is 4.04. The van der Waals surface area contributed by atoms with E-state index >= 15 is 0 Å². The predicted octanol–water partition coefficient (Wildman–Crippen LogP) is 2.93. The largest absolute Gasteiger partial charge is 0.490 e. The predicted molar refractivity (Wildman–Crippen MR) is 69.6 cm³/mol. The number of nitrogens with one attached hydrogen (secondary N) is 1. The van der Waals surface area contributed by atoms with Gasteiger partial charge in [0.2, 0.25) is 0 Å². The van der Waals surface area contributed by atoms with Crippen LogP contribution in [0.15, 0.2) is 18.2 Å². The number of fused-ring (bicyclic) bond motifs is 1. The molecule has 1 atom stereocenters. The van der Waals surface area contributed by atoms with Gasteiger partial charge >= 0.3 is 0 Å². The zero-order valence-corrected chi connectivity index (χ0v) is 10.2. The maximum atomic E-state index is 5.99. The quantitative estimate of drug-likeness (QED) is 0.851. The maximum Gasteiger partial charge on any atom is 0.120 e. The minimum Gasteiger partial charge on any atom is -0.490 e. The van der Waals surface area contributed by atoms with Crippen LogP contribution in [0, 0.1) is 0 Å². The highest BCUT2D eigenvalue weighted by Gasteiger charge is 2.17. The first kappa shape index (κ1) is 10.3. The van der Waals surface area contributed by atoms with Crippen molar-refractivity contribution in [2.24, 2.45) is 0 Å². The maximum absolute atomic E-state index is 5.99. The van der Waals surface area contributed by atoms with Crippen LogP contribution in [-0.4, -0.2) is 24.2 Å². The van der Waals surface area contributed by atoms with Crippen LogP contribution in [0.2, 0.25) is 0 Å². The van der Waals surface area contributed by atoms with Crippen LogP contribution in [0.4, 0.5) is 5.69 Å². The lowest BCUT2D eigenvalue weighted by molar-refractivity contribution is 0.229. The molecule has 2 heterocycles. The molecule has 2 aliphatic heterocycles. The van der Waals surface area contributed by atoms with Gasteiger partial charge in [-0.2, -0.15) is 11.8 Å². The van der Waals surface area contributed by atoms with Crippen molar-refractivity contribution in [1.82, 2.24) is 0 Å². The Bertz CT molecular complexity index is 374. The Hall–Kier alpha value is -0.830. The van der Waals surface area contributed by atoms with Gasteiger partial charge < -0.3 is 10.1 Å². The van der Waals surface area contributed by atoms with Gasteiger partial charge in [0.05, 0.1) is 0 Å². The van der Waals surface area contributed by atoms with Gasteiger partial charge in [0.25, 0.3) is 0 Å². The standard InChI is InChI=1S/C13H17NOS/c1-2-10-8-11(3-4-13(10)14-6-1)15-12-5-7-16-9-12/h3-4,8,12,14H,1-2,5-7,9H2. The van der Waals surface area contributed by atoms with E-state index < -0.39 is 0 Å². The number of benzene rings is 1. The molecular formula is C13H17NOS. The van der Waals surface area contributed by atoms with Crippen LogP contribution < -0.4 is 10.1 Å². The van der Waals surface area contributed by atoms with Crippen molar-refractivity contribution in [2.45, 2.75) is 25.4 Å². The van der Waals surface area contributed by atoms with Gasteiger partial charge in [0.1, 0.15) is 11.9 Å². The van der Waals surface area contributed by atoms with Gasteiger partial charge in [-0.25, -0.2) is 0 Å². The second kappa shape index (κ2) is 4.58. The normalized spacial score (nSPS) is 23.6. The Kier molecular flexibility index (Phi) is 2.96. The van der Waals surface area contributed by atoms with Crippen molar-refractivity contribution in [3.8, 4) is 5.75 Å². The minimum atomic E-state index is 0.430. The van der Waals surface area contributed by atoms with Gasteiger partial charge in [0.15, 0.2) is 0 Å². The molecule has 2 nitrogen and oxygen atoms in total. The number of aryl methyl sites for hydroxylation is 1. The molecule has 0 bridgehead atoms. The van der Waals surface area contributed by atoms with E-state index in [9.17, 15) is 0 Å². The van der Waals surface area contributed by atoms with E-state index in [0.717, 1.165) is 18.0 Å². The fourth-order valence-corrected chi connectivity index (χ4v) is 3.42. The van der Waals surface area contributed by atoms with Gasteiger partial charge in [-0.15, -0.1) is 0 Å². The third-order valence-corrected chi connectivity index (χ3v) is 4.34. The van der Waals surface area contributed by atoms with Gasteiger partial charge in [-0.1, -0.05) is 0 Å². The van der Waals surface area contributed by atoms with Crippen molar-refractivity contribution in [1.29, 1.82) is 0 Å². The molecule has 16 heavy (non-hydrogen) atoms. The molecule has 1 saturated heterocycles. The molecule has 3 rings (SSSR count). The first-order chi connectivity index (χ1) is 7.92. The summed E-state index contributed by atoms with van der Waals surface area (Å²) in [4.78, 5) is 0. The number of hydrogen-bond donors (Lipinski definition) is 1. The molecule has 1 aromatic rings. The zero-order chi connectivity index (χ0) is 10.8. The third-order valence-electron chi connectivity index (χ3n) is 3.21. The molecule has 0 aromatic heterocycles. The highest BCUT2D eigenvalue weighted by molar-refractivity contribution is 7.99. The lowest BCUT2D eigenvalue weighted by Gasteiger charge is -2.20. The van der Waals surface area contributed by atoms with Crippen LogP contribution in [-0.2, 0) is 6.42 Å². The molecule has 86 valence electrons. The van der Waals surface area contributed by atoms with Crippen molar-refractivity contribution < 1.29 is 4.74 Å². The van der Waals surface area contributed by atoms with Crippen molar-refractivity contribution in [2.75, 3.05) is 23.4 Å². The molecule has 1 N–H and O–H groups in total. The molecule has 3 heteroatoms. The van der Waals surface area contributed by atoms with E-state index in [1.54, 1.807) is 0 Å². The summed E-state index contributed by atoms with van der Waals surface area (Å²) >= 11 is 1.99. The summed E-state index contributed by atoms with van der Waals surface area (Å²) in [5.41, 5.74) is 2.70. The second-order valence-electron chi connectivity index (χ2n) is 4.45. The van der Waals surface area contributed by atoms with Crippen LogP contribution in [0.3, 0.4) is 0 Å². The molecule has 0 radical (unpaired) electrons. The monoisotopic (exact) mass is 235 g/mol. The Morgan fingerprint density at radius 3 is 3.25 bits per heavy atom. The number of anilines is 1. The van der Waals surface area contributed by atoms with Crippen LogP contribution in [0.5, 0.6) is 5.75 Å². The molecule has 0 aliphatic carbocycles. The molecule has 0 saturated carbocycles. The fourth-order valence-electron chi connectivity index (χ4n) is 2.32. The Labute approximate surface area is 101 Å². The first-order valence-corrected chi connectivity index (χ1v) is 7.18. The summed E-state index contributed by atoms with van der Waals surface area (Å²) in [5.74, 6) is 3.45. The lowest BCUT2D eigenvalue weighted by atomic mass is 10.0. The van der Waals surface area contributed by atoms with Crippen LogP contribution >= 0.6 is 11.8 Å². The van der Waals surface area contributed by atoms with Crippen molar-refractivity contribution in [3.63, 3.8) is 0 Å². The number of rotatable bonds is 2. The van der Waals surface area contributed by atoms with E-state index in [2.05, 4.69) is 23.5 Å². The summed E-state index contributed by atoms with van der Waals surface area (Å²) in [7, 11) is 0. The highest BCUT2D eigenvalue weighted by Crippen LogP contribution is 2.29. The number of hydrogen-bond acceptors (Lipinski definition) is 3. The number of ether oxygens (including phenoxy) is 1. The Balaban J connectivity index is 1.74. The summed E-state index contributed by atoms with van der Waals surface area (Å²) in [6.45, 7) is 1.10. The van der Waals surface area contributed by atoms with E-state index in [1.807, 2.05) is 11.8 Å². The average Bonchev–Trinajstić information content (AvgIpc) is 2.82. The fraction of sp³-hybridized carbons (Fsp3) is 0.538.